The molecule has 0 aliphatic carbocycles. The summed E-state index contributed by atoms with van der Waals surface area (Å²) >= 11 is 5.91. The largest absolute Gasteiger partial charge is 0.444 e. The van der Waals surface area contributed by atoms with Crippen LogP contribution >= 0.6 is 11.6 Å². The zero-order chi connectivity index (χ0) is 15.4. The molecule has 2 aromatic rings. The Labute approximate surface area is 136 Å². The van der Waals surface area contributed by atoms with Gasteiger partial charge in [-0.2, -0.15) is 0 Å². The minimum Gasteiger partial charge on any atom is -0.444 e. The SMILES string of the molecule is NCCC1CCCN(Cc2coc(-c3ccc(Cl)cc3)n2)C1. The molecule has 1 aromatic carbocycles. The van der Waals surface area contributed by atoms with Gasteiger partial charge in [-0.3, -0.25) is 4.90 Å². The molecule has 0 amide bonds. The van der Waals surface area contributed by atoms with Gasteiger partial charge in [-0.25, -0.2) is 4.98 Å². The first kappa shape index (κ1) is 15.5. The molecule has 118 valence electrons. The molecule has 0 bridgehead atoms. The third-order valence-electron chi connectivity index (χ3n) is 4.21. The number of hydrogen-bond donors (Lipinski definition) is 1. The molecule has 2 N–H and O–H groups in total. The topological polar surface area (TPSA) is 55.3 Å². The lowest BCUT2D eigenvalue weighted by atomic mass is 9.95. The fraction of sp³-hybridized carbons (Fsp3) is 0.471. The molecule has 22 heavy (non-hydrogen) atoms. The molecule has 0 radical (unpaired) electrons. The van der Waals surface area contributed by atoms with Crippen molar-refractivity contribution < 1.29 is 4.42 Å². The van der Waals surface area contributed by atoms with Gasteiger partial charge in [-0.15, -0.1) is 0 Å². The van der Waals surface area contributed by atoms with Crippen molar-refractivity contribution in [3.63, 3.8) is 0 Å². The fourth-order valence-electron chi connectivity index (χ4n) is 3.10. The summed E-state index contributed by atoms with van der Waals surface area (Å²) in [7, 11) is 0. The Kier molecular flexibility index (Phi) is 5.13. The third-order valence-corrected chi connectivity index (χ3v) is 4.46. The van der Waals surface area contributed by atoms with Crippen LogP contribution in [0.25, 0.3) is 11.5 Å². The van der Waals surface area contributed by atoms with E-state index in [2.05, 4.69) is 9.88 Å². The van der Waals surface area contributed by atoms with E-state index in [1.165, 1.54) is 12.8 Å². The first-order valence-corrected chi connectivity index (χ1v) is 8.25. The highest BCUT2D eigenvalue weighted by molar-refractivity contribution is 6.30. The molecule has 0 saturated carbocycles. The van der Waals surface area contributed by atoms with Crippen LogP contribution in [0.4, 0.5) is 0 Å². The van der Waals surface area contributed by atoms with Crippen LogP contribution in [0.2, 0.25) is 5.02 Å². The molecule has 1 aliphatic rings. The summed E-state index contributed by atoms with van der Waals surface area (Å²) in [6.07, 6.45) is 5.41. The molecule has 1 saturated heterocycles. The van der Waals surface area contributed by atoms with E-state index in [1.54, 1.807) is 6.26 Å². The minimum absolute atomic E-state index is 0.655. The van der Waals surface area contributed by atoms with E-state index in [1.807, 2.05) is 24.3 Å². The lowest BCUT2D eigenvalue weighted by Gasteiger charge is -2.31. The van der Waals surface area contributed by atoms with E-state index >= 15 is 0 Å². The molecular formula is C17H22ClN3O. The number of benzene rings is 1. The second-order valence-electron chi connectivity index (χ2n) is 5.97. The van der Waals surface area contributed by atoms with Gasteiger partial charge >= 0.3 is 0 Å². The summed E-state index contributed by atoms with van der Waals surface area (Å²) in [6, 6.07) is 7.55. The number of nitrogens with two attached hydrogens (primary N) is 1. The van der Waals surface area contributed by atoms with Crippen LogP contribution in [0.15, 0.2) is 34.9 Å². The maximum absolute atomic E-state index is 5.91. The summed E-state index contributed by atoms with van der Waals surface area (Å²) in [4.78, 5) is 7.05. The summed E-state index contributed by atoms with van der Waals surface area (Å²) in [6.45, 7) is 3.87. The first-order valence-electron chi connectivity index (χ1n) is 7.87. The van der Waals surface area contributed by atoms with Crippen LogP contribution in [0.3, 0.4) is 0 Å². The summed E-state index contributed by atoms with van der Waals surface area (Å²) in [5.74, 6) is 1.38. The summed E-state index contributed by atoms with van der Waals surface area (Å²) < 4.78 is 5.61. The van der Waals surface area contributed by atoms with Crippen LogP contribution in [0, 0.1) is 5.92 Å². The van der Waals surface area contributed by atoms with Crippen molar-refractivity contribution in [3.8, 4) is 11.5 Å². The molecule has 3 rings (SSSR count). The monoisotopic (exact) mass is 319 g/mol. The van der Waals surface area contributed by atoms with Crippen LogP contribution in [-0.4, -0.2) is 29.5 Å². The highest BCUT2D eigenvalue weighted by atomic mass is 35.5. The second-order valence-corrected chi connectivity index (χ2v) is 6.41. The van der Waals surface area contributed by atoms with E-state index in [9.17, 15) is 0 Å². The summed E-state index contributed by atoms with van der Waals surface area (Å²) in [5, 5.41) is 0.717. The highest BCUT2D eigenvalue weighted by Gasteiger charge is 2.20. The molecule has 1 atom stereocenters. The van der Waals surface area contributed by atoms with Crippen molar-refractivity contribution >= 4 is 11.6 Å². The standard InChI is InChI=1S/C17H22ClN3O/c18-15-5-3-14(4-6-15)17-20-16(12-22-17)11-21-9-1-2-13(10-21)7-8-19/h3-6,12-13H,1-2,7-11,19H2. The molecule has 0 spiro atoms. The number of aromatic nitrogens is 1. The van der Waals surface area contributed by atoms with Gasteiger partial charge in [-0.1, -0.05) is 11.6 Å². The molecule has 1 aromatic heterocycles. The predicted octanol–water partition coefficient (Wildman–Crippen LogP) is 3.56. The highest BCUT2D eigenvalue weighted by Crippen LogP contribution is 2.23. The Morgan fingerprint density at radius 2 is 2.14 bits per heavy atom. The molecule has 1 fully saturated rings. The Morgan fingerprint density at radius 1 is 1.32 bits per heavy atom. The lowest BCUT2D eigenvalue weighted by Crippen LogP contribution is -2.35. The number of piperidine rings is 1. The lowest BCUT2D eigenvalue weighted by molar-refractivity contribution is 0.161. The predicted molar refractivity (Wildman–Crippen MR) is 88.6 cm³/mol. The van der Waals surface area contributed by atoms with E-state index in [4.69, 9.17) is 21.8 Å². The summed E-state index contributed by atoms with van der Waals surface area (Å²) in [5.41, 5.74) is 7.62. The van der Waals surface area contributed by atoms with Crippen LogP contribution in [0.5, 0.6) is 0 Å². The van der Waals surface area contributed by atoms with Gasteiger partial charge in [0.2, 0.25) is 5.89 Å². The van der Waals surface area contributed by atoms with Gasteiger partial charge in [0.05, 0.1) is 5.69 Å². The molecule has 5 heteroatoms. The molecule has 1 unspecified atom stereocenters. The quantitative estimate of drug-likeness (QED) is 0.915. The van der Waals surface area contributed by atoms with Crippen molar-refractivity contribution in [1.29, 1.82) is 0 Å². The second kappa shape index (κ2) is 7.27. The van der Waals surface area contributed by atoms with E-state index in [0.29, 0.717) is 5.89 Å². The van der Waals surface area contributed by atoms with Crippen LogP contribution in [0.1, 0.15) is 25.0 Å². The Hall–Kier alpha value is -1.36. The van der Waals surface area contributed by atoms with Crippen molar-refractivity contribution in [2.75, 3.05) is 19.6 Å². The molecule has 4 nitrogen and oxygen atoms in total. The van der Waals surface area contributed by atoms with Gasteiger partial charge in [0.15, 0.2) is 0 Å². The number of likely N-dealkylation sites (tertiary alicyclic amines) is 1. The maximum Gasteiger partial charge on any atom is 0.226 e. The maximum atomic E-state index is 5.91. The van der Waals surface area contributed by atoms with Crippen LogP contribution < -0.4 is 5.73 Å². The normalized spacial score (nSPS) is 19.5. The molecule has 2 heterocycles. The van der Waals surface area contributed by atoms with Crippen LogP contribution in [-0.2, 0) is 6.54 Å². The molecular weight excluding hydrogens is 298 g/mol. The number of rotatable bonds is 5. The third kappa shape index (κ3) is 3.88. The van der Waals surface area contributed by atoms with Crippen molar-refractivity contribution in [2.45, 2.75) is 25.8 Å². The van der Waals surface area contributed by atoms with E-state index in [0.717, 1.165) is 54.8 Å². The van der Waals surface area contributed by atoms with Crippen molar-refractivity contribution in [1.82, 2.24) is 9.88 Å². The molecule has 1 aliphatic heterocycles. The van der Waals surface area contributed by atoms with Gasteiger partial charge in [-0.05, 0) is 62.5 Å². The van der Waals surface area contributed by atoms with Gasteiger partial charge in [0, 0.05) is 23.7 Å². The van der Waals surface area contributed by atoms with E-state index in [-0.39, 0.29) is 0 Å². The average Bonchev–Trinajstić information content (AvgIpc) is 2.97. The number of halogens is 1. The number of nitrogens with zero attached hydrogens (tertiary/aromatic N) is 2. The number of oxazole rings is 1. The average molecular weight is 320 g/mol. The van der Waals surface area contributed by atoms with Crippen molar-refractivity contribution in [2.24, 2.45) is 11.7 Å². The van der Waals surface area contributed by atoms with E-state index < -0.39 is 0 Å². The number of hydrogen-bond acceptors (Lipinski definition) is 4. The van der Waals surface area contributed by atoms with Gasteiger partial charge in [0.25, 0.3) is 0 Å². The Balaban J connectivity index is 1.63. The zero-order valence-electron chi connectivity index (χ0n) is 12.7. The van der Waals surface area contributed by atoms with Gasteiger partial charge in [0.1, 0.15) is 6.26 Å². The fourth-order valence-corrected chi connectivity index (χ4v) is 3.23. The minimum atomic E-state index is 0.655. The first-order chi connectivity index (χ1) is 10.7. The van der Waals surface area contributed by atoms with Crippen molar-refractivity contribution in [3.05, 3.63) is 41.2 Å². The smallest absolute Gasteiger partial charge is 0.226 e. The Bertz CT molecular complexity index is 594. The zero-order valence-corrected chi connectivity index (χ0v) is 13.4. The Morgan fingerprint density at radius 3 is 2.91 bits per heavy atom. The van der Waals surface area contributed by atoms with Gasteiger partial charge < -0.3 is 10.2 Å².